The number of ether oxygens (including phenoxy) is 1. The molecule has 0 saturated carbocycles. The number of carboxylic acids is 1. The fourth-order valence-electron chi connectivity index (χ4n) is 1.17. The molecule has 0 radical (unpaired) electrons. The van der Waals surface area contributed by atoms with Crippen LogP contribution in [0.2, 0.25) is 0 Å². The molecule has 0 spiro atoms. The number of nitrogens with one attached hydrogen (secondary N) is 2. The zero-order valence-electron chi connectivity index (χ0n) is 10.4. The molecule has 7 nitrogen and oxygen atoms in total. The van der Waals surface area contributed by atoms with Crippen LogP contribution in [-0.2, 0) is 14.4 Å². The van der Waals surface area contributed by atoms with E-state index in [2.05, 4.69) is 10.6 Å². The molecule has 1 rings (SSSR count). The van der Waals surface area contributed by atoms with E-state index >= 15 is 0 Å². The second kappa shape index (κ2) is 7.72. The van der Waals surface area contributed by atoms with E-state index in [0.717, 1.165) is 6.07 Å². The first kappa shape index (κ1) is 15.4. The minimum Gasteiger partial charge on any atom is -0.484 e. The standard InChI is InChI=1S/C12H13FN2O5/c13-8-2-1-3-9(4-8)20-7-11(17)14-5-10(16)15-6-12(18)19/h1-4H,5-7H2,(H,14,17)(H,15,16)(H,18,19). The Morgan fingerprint density at radius 1 is 1.15 bits per heavy atom. The normalized spacial score (nSPS) is 9.65. The summed E-state index contributed by atoms with van der Waals surface area (Å²) >= 11 is 0. The van der Waals surface area contributed by atoms with Crippen molar-refractivity contribution in [2.24, 2.45) is 0 Å². The number of rotatable bonds is 7. The van der Waals surface area contributed by atoms with E-state index < -0.39 is 30.1 Å². The van der Waals surface area contributed by atoms with E-state index in [1.165, 1.54) is 18.2 Å². The van der Waals surface area contributed by atoms with Crippen molar-refractivity contribution < 1.29 is 28.6 Å². The smallest absolute Gasteiger partial charge is 0.322 e. The number of benzene rings is 1. The molecule has 0 aliphatic carbocycles. The van der Waals surface area contributed by atoms with Crippen molar-refractivity contribution >= 4 is 17.8 Å². The SMILES string of the molecule is O=C(O)CNC(=O)CNC(=O)COc1cccc(F)c1. The van der Waals surface area contributed by atoms with E-state index in [-0.39, 0.29) is 18.9 Å². The van der Waals surface area contributed by atoms with Crippen molar-refractivity contribution in [3.8, 4) is 5.75 Å². The molecular weight excluding hydrogens is 271 g/mol. The van der Waals surface area contributed by atoms with E-state index in [1.54, 1.807) is 0 Å². The van der Waals surface area contributed by atoms with Gasteiger partial charge in [-0.05, 0) is 12.1 Å². The molecule has 108 valence electrons. The molecule has 0 atom stereocenters. The van der Waals surface area contributed by atoms with Crippen molar-refractivity contribution in [3.63, 3.8) is 0 Å². The van der Waals surface area contributed by atoms with Crippen molar-refractivity contribution in [2.45, 2.75) is 0 Å². The van der Waals surface area contributed by atoms with Crippen LogP contribution in [0.1, 0.15) is 0 Å². The Kier molecular flexibility index (Phi) is 5.95. The van der Waals surface area contributed by atoms with Crippen LogP contribution in [-0.4, -0.2) is 42.6 Å². The Bertz CT molecular complexity index is 506. The van der Waals surface area contributed by atoms with Gasteiger partial charge in [0.2, 0.25) is 5.91 Å². The number of halogens is 1. The van der Waals surface area contributed by atoms with Crippen LogP contribution in [0, 0.1) is 5.82 Å². The maximum Gasteiger partial charge on any atom is 0.322 e. The lowest BCUT2D eigenvalue weighted by atomic mass is 10.3. The zero-order valence-corrected chi connectivity index (χ0v) is 10.4. The van der Waals surface area contributed by atoms with Crippen LogP contribution in [0.15, 0.2) is 24.3 Å². The maximum absolute atomic E-state index is 12.8. The molecule has 0 saturated heterocycles. The molecule has 0 aliphatic heterocycles. The number of carbonyl (C=O) groups excluding carboxylic acids is 2. The molecule has 0 bridgehead atoms. The summed E-state index contributed by atoms with van der Waals surface area (Å²) in [6.45, 7) is -1.26. The highest BCUT2D eigenvalue weighted by Crippen LogP contribution is 2.11. The molecule has 0 aromatic heterocycles. The van der Waals surface area contributed by atoms with Crippen LogP contribution in [0.3, 0.4) is 0 Å². The van der Waals surface area contributed by atoms with Crippen LogP contribution in [0.4, 0.5) is 4.39 Å². The first-order valence-electron chi connectivity index (χ1n) is 5.61. The van der Waals surface area contributed by atoms with E-state index in [4.69, 9.17) is 9.84 Å². The molecule has 0 unspecified atom stereocenters. The number of carboxylic acid groups (broad SMARTS) is 1. The van der Waals surface area contributed by atoms with E-state index in [0.29, 0.717) is 0 Å². The topological polar surface area (TPSA) is 105 Å². The quantitative estimate of drug-likeness (QED) is 0.627. The van der Waals surface area contributed by atoms with Gasteiger partial charge in [-0.3, -0.25) is 14.4 Å². The average Bonchev–Trinajstić information content (AvgIpc) is 2.40. The van der Waals surface area contributed by atoms with Gasteiger partial charge in [-0.2, -0.15) is 0 Å². The molecule has 0 fully saturated rings. The number of amides is 2. The summed E-state index contributed by atoms with van der Waals surface area (Å²) in [7, 11) is 0. The maximum atomic E-state index is 12.8. The summed E-state index contributed by atoms with van der Waals surface area (Å²) < 4.78 is 17.8. The van der Waals surface area contributed by atoms with Crippen LogP contribution in [0.25, 0.3) is 0 Å². The summed E-state index contributed by atoms with van der Waals surface area (Å²) in [5.74, 6) is -2.70. The summed E-state index contributed by atoms with van der Waals surface area (Å²) in [4.78, 5) is 32.6. The van der Waals surface area contributed by atoms with Gasteiger partial charge in [0.25, 0.3) is 5.91 Å². The highest BCUT2D eigenvalue weighted by Gasteiger charge is 2.07. The lowest BCUT2D eigenvalue weighted by molar-refractivity contribution is -0.137. The lowest BCUT2D eigenvalue weighted by Crippen LogP contribution is -2.40. The first-order valence-corrected chi connectivity index (χ1v) is 5.61. The van der Waals surface area contributed by atoms with Crippen molar-refractivity contribution in [2.75, 3.05) is 19.7 Å². The monoisotopic (exact) mass is 284 g/mol. The molecule has 1 aromatic carbocycles. The second-order valence-electron chi connectivity index (χ2n) is 3.69. The Labute approximate surface area is 113 Å². The summed E-state index contributed by atoms with van der Waals surface area (Å²) in [6.07, 6.45) is 0. The Morgan fingerprint density at radius 2 is 1.85 bits per heavy atom. The summed E-state index contributed by atoms with van der Waals surface area (Å²) in [5, 5.41) is 12.6. The number of carbonyl (C=O) groups is 3. The van der Waals surface area contributed by atoms with Gasteiger partial charge in [-0.15, -0.1) is 0 Å². The molecule has 20 heavy (non-hydrogen) atoms. The third-order valence-corrected chi connectivity index (χ3v) is 2.05. The Balaban J connectivity index is 2.23. The van der Waals surface area contributed by atoms with Gasteiger partial charge < -0.3 is 20.5 Å². The van der Waals surface area contributed by atoms with Crippen molar-refractivity contribution in [1.29, 1.82) is 0 Å². The van der Waals surface area contributed by atoms with Crippen LogP contribution >= 0.6 is 0 Å². The van der Waals surface area contributed by atoms with E-state index in [1.807, 2.05) is 0 Å². The van der Waals surface area contributed by atoms with Crippen molar-refractivity contribution in [1.82, 2.24) is 10.6 Å². The van der Waals surface area contributed by atoms with Gasteiger partial charge in [0.1, 0.15) is 18.1 Å². The first-order chi connectivity index (χ1) is 9.47. The summed E-state index contributed by atoms with van der Waals surface area (Å²) in [6, 6.07) is 5.27. The van der Waals surface area contributed by atoms with Crippen LogP contribution in [0.5, 0.6) is 5.75 Å². The lowest BCUT2D eigenvalue weighted by Gasteiger charge is -2.07. The van der Waals surface area contributed by atoms with Gasteiger partial charge in [0.15, 0.2) is 6.61 Å². The molecule has 1 aromatic rings. The van der Waals surface area contributed by atoms with Gasteiger partial charge in [-0.25, -0.2) is 4.39 Å². The number of aliphatic carboxylic acids is 1. The van der Waals surface area contributed by atoms with Crippen molar-refractivity contribution in [3.05, 3.63) is 30.1 Å². The second-order valence-corrected chi connectivity index (χ2v) is 3.69. The third-order valence-electron chi connectivity index (χ3n) is 2.05. The predicted octanol–water partition coefficient (Wildman–Crippen LogP) is -0.478. The molecule has 2 amide bonds. The highest BCUT2D eigenvalue weighted by molar-refractivity contribution is 5.87. The third kappa shape index (κ3) is 6.34. The minimum absolute atomic E-state index is 0.190. The number of hydrogen-bond acceptors (Lipinski definition) is 4. The molecule has 0 aliphatic rings. The zero-order chi connectivity index (χ0) is 15.0. The summed E-state index contributed by atoms with van der Waals surface area (Å²) in [5.41, 5.74) is 0. The molecule has 8 heteroatoms. The van der Waals surface area contributed by atoms with Crippen LogP contribution < -0.4 is 15.4 Å². The fourth-order valence-corrected chi connectivity index (χ4v) is 1.17. The number of hydrogen-bond donors (Lipinski definition) is 3. The highest BCUT2D eigenvalue weighted by atomic mass is 19.1. The fraction of sp³-hybridized carbons (Fsp3) is 0.250. The van der Waals surface area contributed by atoms with Gasteiger partial charge in [0.05, 0.1) is 6.54 Å². The van der Waals surface area contributed by atoms with E-state index in [9.17, 15) is 18.8 Å². The van der Waals surface area contributed by atoms with Gasteiger partial charge >= 0.3 is 5.97 Å². The largest absolute Gasteiger partial charge is 0.484 e. The van der Waals surface area contributed by atoms with Gasteiger partial charge in [-0.1, -0.05) is 6.07 Å². The predicted molar refractivity (Wildman–Crippen MR) is 65.6 cm³/mol. The minimum atomic E-state index is -1.18. The molecular formula is C12H13FN2O5. The average molecular weight is 284 g/mol. The van der Waals surface area contributed by atoms with Gasteiger partial charge in [0, 0.05) is 6.07 Å². The molecule has 3 N–H and O–H groups in total. The Morgan fingerprint density at radius 3 is 2.50 bits per heavy atom. The molecule has 0 heterocycles. The Hall–Kier alpha value is -2.64.